The maximum atomic E-state index is 12.9. The summed E-state index contributed by atoms with van der Waals surface area (Å²) < 4.78 is 19.4. The molecule has 0 bridgehead atoms. The van der Waals surface area contributed by atoms with Crippen LogP contribution in [0.1, 0.15) is 10.7 Å². The van der Waals surface area contributed by atoms with E-state index in [1.165, 1.54) is 29.7 Å². The quantitative estimate of drug-likeness (QED) is 0.603. The van der Waals surface area contributed by atoms with Crippen molar-refractivity contribution < 1.29 is 13.6 Å². The Bertz CT molecular complexity index is 991. The molecule has 0 aliphatic rings. The highest BCUT2D eigenvalue weighted by Gasteiger charge is 2.16. The molecule has 0 unspecified atom stereocenters. The van der Waals surface area contributed by atoms with E-state index in [1.807, 2.05) is 24.3 Å². The topological polar surface area (TPSA) is 68.0 Å². The third-order valence-electron chi connectivity index (χ3n) is 3.34. The fourth-order valence-electron chi connectivity index (χ4n) is 2.20. The Morgan fingerprint density at radius 2 is 1.92 bits per heavy atom. The number of halogens is 1. The van der Waals surface area contributed by atoms with E-state index < -0.39 is 5.91 Å². The first-order chi connectivity index (χ1) is 11.7. The number of fused-ring (bicyclic) bond motifs is 1. The molecule has 1 N–H and O–H groups in total. The van der Waals surface area contributed by atoms with Gasteiger partial charge in [0.25, 0.3) is 5.89 Å². The molecule has 118 valence electrons. The van der Waals surface area contributed by atoms with Crippen LogP contribution in [-0.2, 0) is 0 Å². The summed E-state index contributed by atoms with van der Waals surface area (Å²) >= 11 is 1.37. The standard InChI is InChI=1S/C17H10FN3O2S/c18-11-7-5-10(6-8-11)13-9-19-16(23-13)15(22)21-17-20-12-3-1-2-4-14(12)24-17/h1-9H,(H,20,21,22). The summed E-state index contributed by atoms with van der Waals surface area (Å²) in [6, 6.07) is 13.4. The lowest BCUT2D eigenvalue weighted by Gasteiger charge is -1.97. The van der Waals surface area contributed by atoms with Crippen molar-refractivity contribution in [2.75, 3.05) is 5.32 Å². The first-order valence-electron chi connectivity index (χ1n) is 7.08. The second-order valence-electron chi connectivity index (χ2n) is 4.98. The van der Waals surface area contributed by atoms with E-state index >= 15 is 0 Å². The van der Waals surface area contributed by atoms with Gasteiger partial charge in [0.2, 0.25) is 0 Å². The molecule has 7 heteroatoms. The highest BCUT2D eigenvalue weighted by molar-refractivity contribution is 7.22. The highest BCUT2D eigenvalue weighted by atomic mass is 32.1. The maximum Gasteiger partial charge on any atom is 0.313 e. The van der Waals surface area contributed by atoms with Gasteiger partial charge >= 0.3 is 5.91 Å². The maximum absolute atomic E-state index is 12.9. The zero-order valence-corrected chi connectivity index (χ0v) is 13.0. The van der Waals surface area contributed by atoms with Crippen molar-refractivity contribution in [3.63, 3.8) is 0 Å². The number of para-hydroxylation sites is 1. The summed E-state index contributed by atoms with van der Waals surface area (Å²) in [5, 5.41) is 3.15. The van der Waals surface area contributed by atoms with E-state index in [1.54, 1.807) is 12.1 Å². The molecule has 2 aromatic heterocycles. The summed E-state index contributed by atoms with van der Waals surface area (Å²) in [6.07, 6.45) is 1.43. The monoisotopic (exact) mass is 339 g/mol. The molecule has 1 amide bonds. The predicted molar refractivity (Wildman–Crippen MR) is 89.5 cm³/mol. The summed E-state index contributed by atoms with van der Waals surface area (Å²) in [5.74, 6) is -0.507. The van der Waals surface area contributed by atoms with Crippen molar-refractivity contribution in [3.05, 3.63) is 66.4 Å². The van der Waals surface area contributed by atoms with E-state index in [2.05, 4.69) is 15.3 Å². The zero-order chi connectivity index (χ0) is 16.5. The molecule has 0 saturated heterocycles. The molecule has 2 aromatic carbocycles. The van der Waals surface area contributed by atoms with Crippen LogP contribution >= 0.6 is 11.3 Å². The minimum atomic E-state index is -0.484. The number of anilines is 1. The van der Waals surface area contributed by atoms with Crippen molar-refractivity contribution >= 4 is 32.6 Å². The number of nitrogens with zero attached hydrogens (tertiary/aromatic N) is 2. The fraction of sp³-hybridized carbons (Fsp3) is 0. The van der Waals surface area contributed by atoms with Crippen molar-refractivity contribution in [1.82, 2.24) is 9.97 Å². The Labute approximate surface area is 139 Å². The Balaban J connectivity index is 1.55. The predicted octanol–water partition coefficient (Wildman–Crippen LogP) is 4.34. The van der Waals surface area contributed by atoms with Gasteiger partial charge in [-0.15, -0.1) is 0 Å². The largest absolute Gasteiger partial charge is 0.432 e. The minimum absolute atomic E-state index is 0.0754. The van der Waals surface area contributed by atoms with Crippen LogP contribution in [0.5, 0.6) is 0 Å². The van der Waals surface area contributed by atoms with E-state index in [4.69, 9.17) is 4.42 Å². The lowest BCUT2D eigenvalue weighted by atomic mass is 10.2. The number of rotatable bonds is 3. The number of amides is 1. The molecule has 0 saturated carbocycles. The number of benzene rings is 2. The Hall–Kier alpha value is -3.06. The molecule has 0 aliphatic carbocycles. The lowest BCUT2D eigenvalue weighted by Crippen LogP contribution is -2.11. The fourth-order valence-corrected chi connectivity index (χ4v) is 3.06. The second kappa shape index (κ2) is 5.86. The smallest absolute Gasteiger partial charge is 0.313 e. The van der Waals surface area contributed by atoms with Gasteiger partial charge in [0.15, 0.2) is 10.9 Å². The molecular formula is C17H10FN3O2S. The van der Waals surface area contributed by atoms with Gasteiger partial charge in [0.1, 0.15) is 5.82 Å². The molecule has 0 aliphatic heterocycles. The van der Waals surface area contributed by atoms with Gasteiger partial charge in [0.05, 0.1) is 16.4 Å². The van der Waals surface area contributed by atoms with Crippen molar-refractivity contribution in [1.29, 1.82) is 0 Å². The number of carbonyl (C=O) groups is 1. The molecule has 0 radical (unpaired) electrons. The van der Waals surface area contributed by atoms with Crippen LogP contribution in [0.15, 0.2) is 59.1 Å². The van der Waals surface area contributed by atoms with E-state index in [-0.39, 0.29) is 11.7 Å². The zero-order valence-electron chi connectivity index (χ0n) is 12.2. The number of nitrogens with one attached hydrogen (secondary N) is 1. The number of carbonyl (C=O) groups excluding carboxylic acids is 1. The number of aromatic nitrogens is 2. The normalized spacial score (nSPS) is 10.9. The third kappa shape index (κ3) is 2.77. The molecule has 4 rings (SSSR count). The highest BCUT2D eigenvalue weighted by Crippen LogP contribution is 2.26. The van der Waals surface area contributed by atoms with Crippen LogP contribution in [0.4, 0.5) is 9.52 Å². The average Bonchev–Trinajstić information content (AvgIpc) is 3.21. The molecule has 24 heavy (non-hydrogen) atoms. The van der Waals surface area contributed by atoms with Gasteiger partial charge in [-0.25, -0.2) is 14.4 Å². The average molecular weight is 339 g/mol. The molecule has 5 nitrogen and oxygen atoms in total. The van der Waals surface area contributed by atoms with Gasteiger partial charge in [0, 0.05) is 5.56 Å². The van der Waals surface area contributed by atoms with E-state index in [0.717, 1.165) is 10.2 Å². The molecule has 0 atom stereocenters. The van der Waals surface area contributed by atoms with Gasteiger partial charge in [-0.1, -0.05) is 23.5 Å². The van der Waals surface area contributed by atoms with Crippen molar-refractivity contribution in [3.8, 4) is 11.3 Å². The first kappa shape index (κ1) is 14.5. The van der Waals surface area contributed by atoms with Crippen LogP contribution in [0.25, 0.3) is 21.5 Å². The molecule has 4 aromatic rings. The second-order valence-corrected chi connectivity index (χ2v) is 6.01. The minimum Gasteiger partial charge on any atom is -0.432 e. The Morgan fingerprint density at radius 3 is 2.71 bits per heavy atom. The van der Waals surface area contributed by atoms with E-state index in [0.29, 0.717) is 16.5 Å². The van der Waals surface area contributed by atoms with Crippen LogP contribution in [0.2, 0.25) is 0 Å². The van der Waals surface area contributed by atoms with Crippen LogP contribution in [0, 0.1) is 5.82 Å². The molecular weight excluding hydrogens is 329 g/mol. The molecule has 0 spiro atoms. The molecule has 0 fully saturated rings. The van der Waals surface area contributed by atoms with Crippen LogP contribution in [-0.4, -0.2) is 15.9 Å². The van der Waals surface area contributed by atoms with Crippen LogP contribution in [0.3, 0.4) is 0 Å². The third-order valence-corrected chi connectivity index (χ3v) is 4.29. The Kier molecular flexibility index (Phi) is 3.55. The summed E-state index contributed by atoms with van der Waals surface area (Å²) in [7, 11) is 0. The van der Waals surface area contributed by atoms with Gasteiger partial charge in [-0.2, -0.15) is 0 Å². The first-order valence-corrected chi connectivity index (χ1v) is 7.89. The molecule has 2 heterocycles. The number of oxazole rings is 1. The number of thiazole rings is 1. The van der Waals surface area contributed by atoms with Gasteiger partial charge in [-0.05, 0) is 36.4 Å². The SMILES string of the molecule is O=C(Nc1nc2ccccc2s1)c1ncc(-c2ccc(F)cc2)o1. The van der Waals surface area contributed by atoms with E-state index in [9.17, 15) is 9.18 Å². The lowest BCUT2D eigenvalue weighted by molar-refractivity contribution is 0.0991. The number of hydrogen-bond donors (Lipinski definition) is 1. The summed E-state index contributed by atoms with van der Waals surface area (Å²) in [4.78, 5) is 20.5. The summed E-state index contributed by atoms with van der Waals surface area (Å²) in [6.45, 7) is 0. The van der Waals surface area contributed by atoms with Gasteiger partial charge < -0.3 is 4.42 Å². The van der Waals surface area contributed by atoms with Crippen LogP contribution < -0.4 is 5.32 Å². The van der Waals surface area contributed by atoms with Crippen molar-refractivity contribution in [2.24, 2.45) is 0 Å². The van der Waals surface area contributed by atoms with Crippen molar-refractivity contribution in [2.45, 2.75) is 0 Å². The van der Waals surface area contributed by atoms with Gasteiger partial charge in [-0.3, -0.25) is 10.1 Å². The Morgan fingerprint density at radius 1 is 1.12 bits per heavy atom. The number of hydrogen-bond acceptors (Lipinski definition) is 5. The summed E-state index contributed by atoms with van der Waals surface area (Å²) in [5.41, 5.74) is 1.46.